The van der Waals surface area contributed by atoms with Crippen LogP contribution in [0.5, 0.6) is 11.5 Å². The van der Waals surface area contributed by atoms with E-state index in [0.717, 1.165) is 0 Å². The van der Waals surface area contributed by atoms with Crippen LogP contribution in [0, 0.1) is 0 Å². The molecule has 17 heavy (non-hydrogen) atoms. The van der Waals surface area contributed by atoms with Crippen LogP contribution in [-0.2, 0) is 4.79 Å². The van der Waals surface area contributed by atoms with Crippen molar-refractivity contribution in [2.45, 2.75) is 6.92 Å². The first kappa shape index (κ1) is 11.7. The van der Waals surface area contributed by atoms with Gasteiger partial charge in [0, 0.05) is 11.6 Å². The van der Waals surface area contributed by atoms with Crippen molar-refractivity contribution < 1.29 is 19.1 Å². The molecule has 1 aliphatic rings. The first-order valence-electron chi connectivity index (χ1n) is 4.92. The molecule has 90 valence electrons. The van der Waals surface area contributed by atoms with Crippen molar-refractivity contribution >= 4 is 29.0 Å². The van der Waals surface area contributed by atoms with Gasteiger partial charge in [0.15, 0.2) is 17.3 Å². The molecule has 0 bridgehead atoms. The Kier molecular flexibility index (Phi) is 3.19. The van der Waals surface area contributed by atoms with Crippen LogP contribution in [0.4, 0.5) is 5.69 Å². The number of hydrogen-bond acceptors (Lipinski definition) is 4. The number of hydrogen-bond donors (Lipinski definition) is 1. The van der Waals surface area contributed by atoms with Gasteiger partial charge in [-0.15, -0.1) is 11.6 Å². The molecular formula is C11H10ClNO4. The smallest absolute Gasteiger partial charge is 0.239 e. The average molecular weight is 256 g/mol. The lowest BCUT2D eigenvalue weighted by Crippen LogP contribution is -2.15. The van der Waals surface area contributed by atoms with E-state index in [1.807, 2.05) is 0 Å². The van der Waals surface area contributed by atoms with Crippen LogP contribution in [0.15, 0.2) is 12.1 Å². The van der Waals surface area contributed by atoms with Crippen LogP contribution in [-0.4, -0.2) is 24.4 Å². The third-order valence-corrected chi connectivity index (χ3v) is 2.53. The molecule has 6 heteroatoms. The predicted octanol–water partition coefficient (Wildman–Crippen LogP) is 1.80. The highest BCUT2D eigenvalue weighted by atomic mass is 35.5. The minimum atomic E-state index is -0.381. The van der Waals surface area contributed by atoms with Gasteiger partial charge < -0.3 is 14.8 Å². The molecule has 0 unspecified atom stereocenters. The quantitative estimate of drug-likeness (QED) is 0.661. The monoisotopic (exact) mass is 255 g/mol. The molecule has 1 heterocycles. The van der Waals surface area contributed by atoms with Crippen molar-refractivity contribution in [3.05, 3.63) is 17.7 Å². The molecule has 1 amide bonds. The molecular weight excluding hydrogens is 246 g/mol. The number of amides is 1. The maximum atomic E-state index is 11.5. The first-order valence-corrected chi connectivity index (χ1v) is 5.45. The maximum Gasteiger partial charge on any atom is 0.239 e. The van der Waals surface area contributed by atoms with Gasteiger partial charge in [-0.1, -0.05) is 0 Å². The second-order valence-electron chi connectivity index (χ2n) is 3.49. The van der Waals surface area contributed by atoms with E-state index in [2.05, 4.69) is 5.32 Å². The maximum absolute atomic E-state index is 11.5. The minimum absolute atomic E-state index is 0.111. The first-order chi connectivity index (χ1) is 8.11. The molecule has 2 rings (SSSR count). The highest BCUT2D eigenvalue weighted by Gasteiger charge is 2.20. The third-order valence-electron chi connectivity index (χ3n) is 2.29. The Morgan fingerprint density at radius 3 is 2.59 bits per heavy atom. The number of carbonyl (C=O) groups is 2. The van der Waals surface area contributed by atoms with Gasteiger partial charge in [-0.05, 0) is 13.0 Å². The molecule has 1 aromatic carbocycles. The molecule has 0 atom stereocenters. The van der Waals surface area contributed by atoms with Crippen LogP contribution in [0.3, 0.4) is 0 Å². The fraction of sp³-hybridized carbons (Fsp3) is 0.273. The summed E-state index contributed by atoms with van der Waals surface area (Å²) in [6.07, 6.45) is 0. The minimum Gasteiger partial charge on any atom is -0.454 e. The zero-order chi connectivity index (χ0) is 12.4. The number of carbonyl (C=O) groups excluding carboxylic acids is 2. The van der Waals surface area contributed by atoms with E-state index >= 15 is 0 Å². The van der Waals surface area contributed by atoms with Gasteiger partial charge in [-0.2, -0.15) is 0 Å². The molecule has 0 saturated heterocycles. The van der Waals surface area contributed by atoms with Gasteiger partial charge in [0.05, 0.1) is 5.69 Å². The lowest BCUT2D eigenvalue weighted by Gasteiger charge is -2.09. The number of fused-ring (bicyclic) bond motifs is 1. The SMILES string of the molecule is CC(=O)c1cc2c(cc1NC(=O)CCl)OCO2. The number of alkyl halides is 1. The number of halogens is 1. The summed E-state index contributed by atoms with van der Waals surface area (Å²) in [4.78, 5) is 22.7. The molecule has 1 aromatic rings. The number of anilines is 1. The van der Waals surface area contributed by atoms with Crippen molar-refractivity contribution in [2.75, 3.05) is 18.0 Å². The van der Waals surface area contributed by atoms with Crippen molar-refractivity contribution in [2.24, 2.45) is 0 Å². The van der Waals surface area contributed by atoms with Crippen LogP contribution in [0.1, 0.15) is 17.3 Å². The fourth-order valence-corrected chi connectivity index (χ4v) is 1.59. The normalized spacial score (nSPS) is 12.4. The van der Waals surface area contributed by atoms with Crippen LogP contribution in [0.25, 0.3) is 0 Å². The molecule has 0 aromatic heterocycles. The summed E-state index contributed by atoms with van der Waals surface area (Å²) in [6, 6.07) is 3.11. The second-order valence-corrected chi connectivity index (χ2v) is 3.76. The van der Waals surface area contributed by atoms with E-state index < -0.39 is 0 Å². The molecule has 0 aliphatic carbocycles. The molecule has 1 aliphatic heterocycles. The van der Waals surface area contributed by atoms with Crippen molar-refractivity contribution in [1.29, 1.82) is 0 Å². The number of ketones is 1. The van der Waals surface area contributed by atoms with Crippen molar-refractivity contribution in [3.8, 4) is 11.5 Å². The van der Waals surface area contributed by atoms with Crippen molar-refractivity contribution in [3.63, 3.8) is 0 Å². The van der Waals surface area contributed by atoms with E-state index in [-0.39, 0.29) is 24.4 Å². The van der Waals surface area contributed by atoms with Crippen LogP contribution < -0.4 is 14.8 Å². The summed E-state index contributed by atoms with van der Waals surface area (Å²) in [7, 11) is 0. The Labute approximate surface area is 103 Å². The van der Waals surface area contributed by atoms with Crippen LogP contribution >= 0.6 is 11.6 Å². The largest absolute Gasteiger partial charge is 0.454 e. The van der Waals surface area contributed by atoms with Gasteiger partial charge in [-0.3, -0.25) is 9.59 Å². The Bertz CT molecular complexity index is 487. The average Bonchev–Trinajstić information content (AvgIpc) is 2.74. The molecule has 0 spiro atoms. The van der Waals surface area contributed by atoms with Gasteiger partial charge >= 0.3 is 0 Å². The van der Waals surface area contributed by atoms with Crippen LogP contribution in [0.2, 0.25) is 0 Å². The van der Waals surface area contributed by atoms with Gasteiger partial charge in [0.1, 0.15) is 5.88 Å². The Morgan fingerprint density at radius 2 is 2.00 bits per heavy atom. The van der Waals surface area contributed by atoms with E-state index in [0.29, 0.717) is 22.7 Å². The summed E-state index contributed by atoms with van der Waals surface area (Å²) >= 11 is 5.40. The summed E-state index contributed by atoms with van der Waals surface area (Å²) in [5.41, 5.74) is 0.750. The number of ether oxygens (including phenoxy) is 2. The summed E-state index contributed by atoms with van der Waals surface area (Å²) < 4.78 is 10.3. The van der Waals surface area contributed by atoms with E-state index in [4.69, 9.17) is 21.1 Å². The topological polar surface area (TPSA) is 64.6 Å². The lowest BCUT2D eigenvalue weighted by atomic mass is 10.1. The number of benzene rings is 1. The molecule has 0 radical (unpaired) electrons. The Balaban J connectivity index is 2.41. The van der Waals surface area contributed by atoms with Gasteiger partial charge in [0.25, 0.3) is 0 Å². The molecule has 5 nitrogen and oxygen atoms in total. The second kappa shape index (κ2) is 4.63. The van der Waals surface area contributed by atoms with E-state index in [9.17, 15) is 9.59 Å². The van der Waals surface area contributed by atoms with E-state index in [1.54, 1.807) is 12.1 Å². The Hall–Kier alpha value is -1.75. The molecule has 0 fully saturated rings. The summed E-state index contributed by atoms with van der Waals surface area (Å²) in [6.45, 7) is 1.52. The zero-order valence-electron chi connectivity index (χ0n) is 9.08. The van der Waals surface area contributed by atoms with Gasteiger partial charge in [-0.25, -0.2) is 0 Å². The fourth-order valence-electron chi connectivity index (χ4n) is 1.52. The summed E-state index contributed by atoms with van der Waals surface area (Å²) in [5.74, 6) is 0.270. The highest BCUT2D eigenvalue weighted by Crippen LogP contribution is 2.37. The van der Waals surface area contributed by atoms with Crippen molar-refractivity contribution in [1.82, 2.24) is 0 Å². The molecule has 0 saturated carbocycles. The summed E-state index contributed by atoms with van der Waals surface area (Å²) in [5, 5.41) is 2.54. The third kappa shape index (κ3) is 2.34. The predicted molar refractivity (Wildman–Crippen MR) is 61.9 cm³/mol. The number of nitrogens with one attached hydrogen (secondary N) is 1. The zero-order valence-corrected chi connectivity index (χ0v) is 9.84. The highest BCUT2D eigenvalue weighted by molar-refractivity contribution is 6.29. The van der Waals surface area contributed by atoms with E-state index in [1.165, 1.54) is 6.92 Å². The molecule has 1 N–H and O–H groups in total. The number of Topliss-reactive ketones (excluding diaryl/α,β-unsaturated/α-hetero) is 1. The standard InChI is InChI=1S/C11H10ClNO4/c1-6(14)7-2-9-10(17-5-16-9)3-8(7)13-11(15)4-12/h2-3H,4-5H2,1H3,(H,13,15). The Morgan fingerprint density at radius 1 is 1.35 bits per heavy atom. The lowest BCUT2D eigenvalue weighted by molar-refractivity contribution is -0.113. The van der Waals surface area contributed by atoms with Gasteiger partial charge in [0.2, 0.25) is 12.7 Å². The number of rotatable bonds is 3.